The van der Waals surface area contributed by atoms with Gasteiger partial charge in [-0.2, -0.15) is 5.26 Å². The van der Waals surface area contributed by atoms with Gasteiger partial charge >= 0.3 is 0 Å². The summed E-state index contributed by atoms with van der Waals surface area (Å²) in [6.07, 6.45) is 9.98. The second-order valence-electron chi connectivity index (χ2n) is 9.99. The Morgan fingerprint density at radius 1 is 1.27 bits per heavy atom. The summed E-state index contributed by atoms with van der Waals surface area (Å²) in [7, 11) is -0.897. The molecular weight excluding hydrogens is 485 g/mol. The Hall–Kier alpha value is -3.41. The molecule has 2 aliphatic rings. The number of halogens is 1. The van der Waals surface area contributed by atoms with Crippen LogP contribution in [0.5, 0.6) is 0 Å². The summed E-state index contributed by atoms with van der Waals surface area (Å²) in [4.78, 5) is 0.713. The lowest BCUT2D eigenvalue weighted by molar-refractivity contribution is 0.457. The van der Waals surface area contributed by atoms with Crippen LogP contribution in [0.1, 0.15) is 48.6 Å². The lowest BCUT2D eigenvalue weighted by atomic mass is 9.94. The van der Waals surface area contributed by atoms with Gasteiger partial charge in [-0.1, -0.05) is 49.4 Å². The van der Waals surface area contributed by atoms with Gasteiger partial charge in [0.1, 0.15) is 21.8 Å². The largest absolute Gasteiger partial charge is 0.379 e. The minimum atomic E-state index is -2.83. The van der Waals surface area contributed by atoms with Gasteiger partial charge < -0.3 is 9.88 Å². The van der Waals surface area contributed by atoms with Crippen LogP contribution in [-0.4, -0.2) is 20.9 Å². The van der Waals surface area contributed by atoms with Crippen molar-refractivity contribution in [2.45, 2.75) is 56.1 Å². The third-order valence-electron chi connectivity index (χ3n) is 7.11. The van der Waals surface area contributed by atoms with E-state index in [0.29, 0.717) is 17.1 Å². The predicted molar refractivity (Wildman–Crippen MR) is 146 cm³/mol. The van der Waals surface area contributed by atoms with Crippen LogP contribution in [0.3, 0.4) is 0 Å². The number of fused-ring (bicyclic) bond motifs is 1. The number of hydrogen-bond acceptors (Lipinski definition) is 4. The molecule has 0 spiro atoms. The van der Waals surface area contributed by atoms with Gasteiger partial charge in [0.15, 0.2) is 0 Å². The van der Waals surface area contributed by atoms with E-state index in [9.17, 15) is 8.60 Å². The van der Waals surface area contributed by atoms with Crippen LogP contribution in [0.2, 0.25) is 0 Å². The number of rotatable bonds is 8. The summed E-state index contributed by atoms with van der Waals surface area (Å²) < 4.78 is 38.4. The van der Waals surface area contributed by atoms with E-state index >= 15 is 0 Å². The molecule has 1 saturated carbocycles. The fraction of sp³-hybridized carbons (Fsp3) is 0.345. The minimum Gasteiger partial charge on any atom is -0.379 e. The van der Waals surface area contributed by atoms with Crippen LogP contribution in [0.15, 0.2) is 70.1 Å². The number of aryl methyl sites for hydroxylation is 2. The second kappa shape index (κ2) is 10.5. The maximum Gasteiger partial charge on any atom is 0.141 e. The Balaban J connectivity index is 1.42. The second-order valence-corrected chi connectivity index (χ2v) is 11.9. The van der Waals surface area contributed by atoms with Crippen molar-refractivity contribution in [2.24, 2.45) is 17.3 Å². The molecule has 37 heavy (non-hydrogen) atoms. The van der Waals surface area contributed by atoms with E-state index in [1.54, 1.807) is 6.07 Å². The van der Waals surface area contributed by atoms with Crippen LogP contribution >= 0.6 is 0 Å². The Bertz CT molecular complexity index is 1480. The van der Waals surface area contributed by atoms with Gasteiger partial charge in [0.25, 0.3) is 0 Å². The number of nitrogens with one attached hydrogen (secondary N) is 2. The molecule has 3 aromatic rings. The van der Waals surface area contributed by atoms with Gasteiger partial charge in [-0.25, -0.2) is 17.7 Å². The van der Waals surface area contributed by atoms with Crippen molar-refractivity contribution < 1.29 is 8.60 Å². The molecule has 0 radical (unpaired) electrons. The topological polar surface area (TPSA) is 82.2 Å². The molecule has 3 atom stereocenters. The van der Waals surface area contributed by atoms with Crippen molar-refractivity contribution in [1.29, 1.82) is 5.26 Å². The smallest absolute Gasteiger partial charge is 0.141 e. The summed E-state index contributed by atoms with van der Waals surface area (Å²) in [6, 6.07) is 16.8. The number of benzene rings is 2. The summed E-state index contributed by atoms with van der Waals surface area (Å²) in [5.41, 5.74) is 3.80. The van der Waals surface area contributed by atoms with Gasteiger partial charge in [-0.05, 0) is 55.4 Å². The maximum absolute atomic E-state index is 14.4. The van der Waals surface area contributed by atoms with E-state index in [4.69, 9.17) is 9.62 Å². The molecule has 2 heterocycles. The number of aromatic nitrogens is 1. The first kappa shape index (κ1) is 25.2. The zero-order valence-corrected chi connectivity index (χ0v) is 22.0. The molecule has 2 aromatic carbocycles. The molecule has 1 aromatic heterocycles. The summed E-state index contributed by atoms with van der Waals surface area (Å²) in [5, 5.41) is 12.5. The normalized spacial score (nSPS) is 21.5. The monoisotopic (exact) mass is 517 g/mol. The van der Waals surface area contributed by atoms with Crippen molar-refractivity contribution in [3.63, 3.8) is 0 Å². The zero-order valence-electron chi connectivity index (χ0n) is 21.2. The first-order chi connectivity index (χ1) is 17.9. The highest BCUT2D eigenvalue weighted by Gasteiger charge is 2.32. The number of hydrogen-bond donors (Lipinski definition) is 2. The predicted octanol–water partition coefficient (Wildman–Crippen LogP) is 5.81. The van der Waals surface area contributed by atoms with Crippen LogP contribution in [0, 0.1) is 23.1 Å². The van der Waals surface area contributed by atoms with Gasteiger partial charge in [-0.15, -0.1) is 0 Å². The van der Waals surface area contributed by atoms with Crippen LogP contribution in [0.25, 0.3) is 6.08 Å². The first-order valence-electron chi connectivity index (χ1n) is 12.7. The number of nitrogens with zero attached hydrogens (tertiary/aromatic N) is 3. The first-order valence-corrected chi connectivity index (χ1v) is 14.2. The maximum atomic E-state index is 14.4. The Labute approximate surface area is 218 Å². The molecule has 8 heteroatoms. The summed E-state index contributed by atoms with van der Waals surface area (Å²) in [5.74, 6) is -0.279. The van der Waals surface area contributed by atoms with Gasteiger partial charge in [0.2, 0.25) is 0 Å². The van der Waals surface area contributed by atoms with Crippen LogP contribution in [-0.2, 0) is 29.9 Å². The van der Waals surface area contributed by atoms with Gasteiger partial charge in [0, 0.05) is 36.2 Å². The zero-order chi connectivity index (χ0) is 26.0. The molecule has 0 amide bonds. The van der Waals surface area contributed by atoms with Crippen LogP contribution < -0.4 is 10.0 Å². The highest BCUT2D eigenvalue weighted by Crippen LogP contribution is 2.34. The molecule has 2 unspecified atom stereocenters. The molecule has 1 aliphatic heterocycles. The van der Waals surface area contributed by atoms with Crippen molar-refractivity contribution in [3.05, 3.63) is 89.0 Å². The van der Waals surface area contributed by atoms with Gasteiger partial charge in [-0.3, -0.25) is 0 Å². The Kier molecular flexibility index (Phi) is 7.18. The Morgan fingerprint density at radius 2 is 2.05 bits per heavy atom. The molecule has 5 rings (SSSR count). The average Bonchev–Trinajstić information content (AvgIpc) is 3.67. The molecule has 1 fully saturated rings. The van der Waals surface area contributed by atoms with E-state index in [1.165, 1.54) is 17.7 Å². The van der Waals surface area contributed by atoms with Crippen molar-refractivity contribution >= 4 is 21.7 Å². The van der Waals surface area contributed by atoms with Crippen molar-refractivity contribution in [1.82, 2.24) is 9.29 Å². The quantitative estimate of drug-likeness (QED) is 0.396. The van der Waals surface area contributed by atoms with E-state index in [1.807, 2.05) is 29.9 Å². The number of nitriles is 1. The fourth-order valence-corrected chi connectivity index (χ4v) is 7.07. The van der Waals surface area contributed by atoms with Crippen LogP contribution in [0.4, 0.5) is 10.1 Å². The summed E-state index contributed by atoms with van der Waals surface area (Å²) in [6.45, 7) is 2.63. The number of anilines is 1. The SMILES string of the molecule is CC(CCc1ccccc1)[C@H]1C=Cc2c(cn(C)c2CNc2ccc(F)c(C#N)c2)S(=O)(=NC2CC2)N1. The standard InChI is InChI=1S/C29H32FN5OS/c1-20(8-9-21-6-4-3-5-7-21)27-15-13-25-28(18-32-24-12-14-26(30)22(16-24)17-31)35(2)19-29(25)37(36,34-27)33-23-10-11-23/h3-7,12-16,19-20,23,27,32H,8-11,18H2,1-2H3,(H,33,34,36)/t20?,27-,37?/m1/s1. The molecule has 6 nitrogen and oxygen atoms in total. The molecule has 2 N–H and O–H groups in total. The lowest BCUT2D eigenvalue weighted by Gasteiger charge is -2.23. The molecular formula is C29H32FN5OS. The molecule has 0 saturated heterocycles. The third-order valence-corrected chi connectivity index (χ3v) is 9.22. The highest BCUT2D eigenvalue weighted by molar-refractivity contribution is 7.91. The fourth-order valence-electron chi connectivity index (χ4n) is 4.67. The molecule has 192 valence electrons. The lowest BCUT2D eigenvalue weighted by Crippen LogP contribution is -2.37. The van der Waals surface area contributed by atoms with Crippen molar-refractivity contribution in [2.75, 3.05) is 5.32 Å². The molecule has 1 aliphatic carbocycles. The van der Waals surface area contributed by atoms with Gasteiger partial charge in [0.05, 0.1) is 23.0 Å². The van der Waals surface area contributed by atoms with E-state index in [0.717, 1.165) is 36.9 Å². The third kappa shape index (κ3) is 5.63. The van der Waals surface area contributed by atoms with E-state index in [-0.39, 0.29) is 23.6 Å². The average molecular weight is 518 g/mol. The van der Waals surface area contributed by atoms with E-state index < -0.39 is 15.7 Å². The minimum absolute atomic E-state index is 0.00149. The highest BCUT2D eigenvalue weighted by atomic mass is 32.2. The Morgan fingerprint density at radius 3 is 2.78 bits per heavy atom. The summed E-state index contributed by atoms with van der Waals surface area (Å²) >= 11 is 0. The van der Waals surface area contributed by atoms with E-state index in [2.05, 4.69) is 53.4 Å². The van der Waals surface area contributed by atoms with Crippen molar-refractivity contribution in [3.8, 4) is 6.07 Å². The molecule has 0 bridgehead atoms.